The van der Waals surface area contributed by atoms with Gasteiger partial charge in [0.05, 0.1) is 6.10 Å². The van der Waals surface area contributed by atoms with Crippen molar-refractivity contribution < 1.29 is 5.11 Å². The van der Waals surface area contributed by atoms with Crippen LogP contribution in [0.15, 0.2) is 18.3 Å². The molecule has 0 aliphatic carbocycles. The molecular weight excluding hydrogens is 176 g/mol. The van der Waals surface area contributed by atoms with Crippen LogP contribution in [0.3, 0.4) is 0 Å². The molecule has 14 heavy (non-hydrogen) atoms. The second kappa shape index (κ2) is 5.60. The van der Waals surface area contributed by atoms with E-state index in [1.807, 2.05) is 26.0 Å². The fourth-order valence-electron chi connectivity index (χ4n) is 1.24. The van der Waals surface area contributed by atoms with Gasteiger partial charge in [0.15, 0.2) is 0 Å². The Balaban J connectivity index is 2.31. The summed E-state index contributed by atoms with van der Waals surface area (Å²) in [5.41, 5.74) is 2.08. The fraction of sp³-hybridized carbons (Fsp3) is 0.545. The van der Waals surface area contributed by atoms with E-state index in [2.05, 4.69) is 10.3 Å². The third kappa shape index (κ3) is 3.75. The SMILES string of the molecule is CCC(O)CCNc1ccnc(C)c1. The van der Waals surface area contributed by atoms with Gasteiger partial charge in [-0.15, -0.1) is 0 Å². The van der Waals surface area contributed by atoms with E-state index >= 15 is 0 Å². The zero-order chi connectivity index (χ0) is 10.4. The molecule has 0 amide bonds. The summed E-state index contributed by atoms with van der Waals surface area (Å²) in [6.45, 7) is 4.76. The van der Waals surface area contributed by atoms with Gasteiger partial charge in [-0.3, -0.25) is 4.98 Å². The summed E-state index contributed by atoms with van der Waals surface area (Å²) in [6.07, 6.45) is 3.20. The lowest BCUT2D eigenvalue weighted by Gasteiger charge is -2.09. The number of nitrogens with one attached hydrogen (secondary N) is 1. The first-order valence-corrected chi connectivity index (χ1v) is 5.07. The lowest BCUT2D eigenvalue weighted by atomic mass is 10.2. The van der Waals surface area contributed by atoms with Crippen molar-refractivity contribution in [1.82, 2.24) is 4.98 Å². The topological polar surface area (TPSA) is 45.1 Å². The number of nitrogens with zero attached hydrogens (tertiary/aromatic N) is 1. The Morgan fingerprint density at radius 1 is 1.57 bits per heavy atom. The Morgan fingerprint density at radius 2 is 2.36 bits per heavy atom. The molecule has 0 saturated heterocycles. The first-order valence-electron chi connectivity index (χ1n) is 5.07. The Labute approximate surface area is 85.2 Å². The third-order valence-electron chi connectivity index (χ3n) is 2.17. The minimum Gasteiger partial charge on any atom is -0.393 e. The maximum absolute atomic E-state index is 9.34. The van der Waals surface area contributed by atoms with Gasteiger partial charge in [-0.1, -0.05) is 6.92 Å². The maximum atomic E-state index is 9.34. The van der Waals surface area contributed by atoms with Crippen LogP contribution in [-0.4, -0.2) is 22.7 Å². The van der Waals surface area contributed by atoms with Crippen LogP contribution in [0, 0.1) is 6.92 Å². The molecule has 0 radical (unpaired) electrons. The van der Waals surface area contributed by atoms with Gasteiger partial charge in [-0.05, 0) is 31.9 Å². The highest BCUT2D eigenvalue weighted by atomic mass is 16.3. The predicted molar refractivity (Wildman–Crippen MR) is 58.4 cm³/mol. The van der Waals surface area contributed by atoms with Crippen LogP contribution in [0.5, 0.6) is 0 Å². The van der Waals surface area contributed by atoms with Crippen molar-refractivity contribution >= 4 is 5.69 Å². The lowest BCUT2D eigenvalue weighted by molar-refractivity contribution is 0.164. The molecule has 0 saturated carbocycles. The number of aryl methyl sites for hydroxylation is 1. The molecule has 0 bridgehead atoms. The van der Waals surface area contributed by atoms with Gasteiger partial charge in [-0.25, -0.2) is 0 Å². The van der Waals surface area contributed by atoms with Crippen molar-refractivity contribution in [2.45, 2.75) is 32.8 Å². The largest absolute Gasteiger partial charge is 0.393 e. The van der Waals surface area contributed by atoms with E-state index in [-0.39, 0.29) is 6.10 Å². The molecular formula is C11H18N2O. The van der Waals surface area contributed by atoms with Gasteiger partial charge in [0.2, 0.25) is 0 Å². The molecule has 0 aliphatic rings. The predicted octanol–water partition coefficient (Wildman–Crippen LogP) is 1.96. The Bertz CT molecular complexity index is 276. The molecule has 0 fully saturated rings. The zero-order valence-corrected chi connectivity index (χ0v) is 8.83. The van der Waals surface area contributed by atoms with Gasteiger partial charge < -0.3 is 10.4 Å². The highest BCUT2D eigenvalue weighted by molar-refractivity contribution is 5.42. The number of aliphatic hydroxyl groups is 1. The van der Waals surface area contributed by atoms with Crippen LogP contribution in [-0.2, 0) is 0 Å². The summed E-state index contributed by atoms with van der Waals surface area (Å²) >= 11 is 0. The maximum Gasteiger partial charge on any atom is 0.0554 e. The summed E-state index contributed by atoms with van der Waals surface area (Å²) in [5, 5.41) is 12.6. The first kappa shape index (κ1) is 11.0. The van der Waals surface area contributed by atoms with Crippen LogP contribution in [0.25, 0.3) is 0 Å². The van der Waals surface area contributed by atoms with E-state index in [1.165, 1.54) is 0 Å². The molecule has 1 atom stereocenters. The molecule has 3 nitrogen and oxygen atoms in total. The van der Waals surface area contributed by atoms with Crippen LogP contribution >= 0.6 is 0 Å². The van der Waals surface area contributed by atoms with Crippen LogP contribution < -0.4 is 5.32 Å². The van der Waals surface area contributed by atoms with Crippen LogP contribution in [0.1, 0.15) is 25.5 Å². The van der Waals surface area contributed by atoms with E-state index < -0.39 is 0 Å². The summed E-state index contributed by atoms with van der Waals surface area (Å²) in [6, 6.07) is 3.93. The normalized spacial score (nSPS) is 12.5. The zero-order valence-electron chi connectivity index (χ0n) is 8.83. The van der Waals surface area contributed by atoms with Gasteiger partial charge in [0.25, 0.3) is 0 Å². The second-order valence-corrected chi connectivity index (χ2v) is 3.46. The molecule has 0 aliphatic heterocycles. The molecule has 0 spiro atoms. The van der Waals surface area contributed by atoms with Crippen molar-refractivity contribution in [2.24, 2.45) is 0 Å². The van der Waals surface area contributed by atoms with Crippen molar-refractivity contribution in [3.8, 4) is 0 Å². The molecule has 2 N–H and O–H groups in total. The number of rotatable bonds is 5. The van der Waals surface area contributed by atoms with E-state index in [4.69, 9.17) is 0 Å². The van der Waals surface area contributed by atoms with Gasteiger partial charge in [-0.2, -0.15) is 0 Å². The Hall–Kier alpha value is -1.09. The average molecular weight is 194 g/mol. The van der Waals surface area contributed by atoms with Crippen LogP contribution in [0.4, 0.5) is 5.69 Å². The molecule has 1 rings (SSSR count). The average Bonchev–Trinajstić information content (AvgIpc) is 2.17. The van der Waals surface area contributed by atoms with Crippen molar-refractivity contribution in [3.05, 3.63) is 24.0 Å². The Morgan fingerprint density at radius 3 is 3.00 bits per heavy atom. The molecule has 3 heteroatoms. The lowest BCUT2D eigenvalue weighted by Crippen LogP contribution is -2.12. The summed E-state index contributed by atoms with van der Waals surface area (Å²) in [7, 11) is 0. The monoisotopic (exact) mass is 194 g/mol. The first-order chi connectivity index (χ1) is 6.72. The number of hydrogen-bond acceptors (Lipinski definition) is 3. The summed E-state index contributed by atoms with van der Waals surface area (Å²) in [4.78, 5) is 4.11. The highest BCUT2D eigenvalue weighted by Crippen LogP contribution is 2.07. The standard InChI is InChI=1S/C11H18N2O/c1-3-11(14)5-7-13-10-4-6-12-9(2)8-10/h4,6,8,11,14H,3,5,7H2,1-2H3,(H,12,13). The number of pyridine rings is 1. The molecule has 0 aromatic carbocycles. The minimum absolute atomic E-state index is 0.189. The summed E-state index contributed by atoms with van der Waals surface area (Å²) < 4.78 is 0. The molecule has 1 heterocycles. The minimum atomic E-state index is -0.189. The van der Waals surface area contributed by atoms with E-state index in [0.29, 0.717) is 0 Å². The van der Waals surface area contributed by atoms with E-state index in [0.717, 1.165) is 30.8 Å². The van der Waals surface area contributed by atoms with E-state index in [1.54, 1.807) is 6.20 Å². The van der Waals surface area contributed by atoms with Crippen molar-refractivity contribution in [2.75, 3.05) is 11.9 Å². The molecule has 1 unspecified atom stereocenters. The smallest absolute Gasteiger partial charge is 0.0554 e. The summed E-state index contributed by atoms with van der Waals surface area (Å²) in [5.74, 6) is 0. The van der Waals surface area contributed by atoms with Gasteiger partial charge in [0.1, 0.15) is 0 Å². The second-order valence-electron chi connectivity index (χ2n) is 3.46. The number of aromatic nitrogens is 1. The third-order valence-corrected chi connectivity index (χ3v) is 2.17. The number of anilines is 1. The van der Waals surface area contributed by atoms with Gasteiger partial charge in [0, 0.05) is 24.1 Å². The molecule has 78 valence electrons. The van der Waals surface area contributed by atoms with E-state index in [9.17, 15) is 5.11 Å². The molecule has 1 aromatic heterocycles. The van der Waals surface area contributed by atoms with Crippen molar-refractivity contribution in [3.63, 3.8) is 0 Å². The highest BCUT2D eigenvalue weighted by Gasteiger charge is 1.99. The number of hydrogen-bond donors (Lipinski definition) is 2. The Kier molecular flexibility index (Phi) is 4.40. The van der Waals surface area contributed by atoms with Gasteiger partial charge >= 0.3 is 0 Å². The fourth-order valence-corrected chi connectivity index (χ4v) is 1.24. The van der Waals surface area contributed by atoms with Crippen molar-refractivity contribution in [1.29, 1.82) is 0 Å². The quantitative estimate of drug-likeness (QED) is 0.753. The van der Waals surface area contributed by atoms with Crippen LogP contribution in [0.2, 0.25) is 0 Å². The molecule has 1 aromatic rings. The number of aliphatic hydroxyl groups excluding tert-OH is 1.